The highest BCUT2D eigenvalue weighted by atomic mass is 32.1. The molecule has 1 atom stereocenters. The van der Waals surface area contributed by atoms with Crippen molar-refractivity contribution in [3.05, 3.63) is 15.6 Å². The van der Waals surface area contributed by atoms with E-state index in [1.807, 2.05) is 11.3 Å². The van der Waals surface area contributed by atoms with Crippen LogP contribution in [0.4, 0.5) is 0 Å². The smallest absolute Gasteiger partial charge is 0.125 e. The molecule has 1 N–H and O–H groups in total. The van der Waals surface area contributed by atoms with Crippen molar-refractivity contribution < 1.29 is 4.74 Å². The van der Waals surface area contributed by atoms with E-state index in [2.05, 4.69) is 26.1 Å². The van der Waals surface area contributed by atoms with Crippen LogP contribution in [0, 0.1) is 5.92 Å². The van der Waals surface area contributed by atoms with E-state index in [0.717, 1.165) is 38.5 Å². The van der Waals surface area contributed by atoms with Crippen LogP contribution < -0.4 is 5.32 Å². The predicted octanol–water partition coefficient (Wildman–Crippen LogP) is 3.62. The SMILES string of the molecule is CC(C)Cc1nc(C2(C)CCCO2)sc1CNC1CC1. The molecule has 1 unspecified atom stereocenters. The van der Waals surface area contributed by atoms with Crippen LogP contribution in [0.5, 0.6) is 0 Å². The first kappa shape index (κ1) is 14.5. The molecule has 0 amide bonds. The van der Waals surface area contributed by atoms with Gasteiger partial charge in [-0.25, -0.2) is 4.98 Å². The zero-order chi connectivity index (χ0) is 14.2. The molecule has 20 heavy (non-hydrogen) atoms. The van der Waals surface area contributed by atoms with Gasteiger partial charge in [-0.15, -0.1) is 11.3 Å². The molecule has 0 radical (unpaired) electrons. The second-order valence-electron chi connectivity index (χ2n) is 6.82. The van der Waals surface area contributed by atoms with Crippen molar-refractivity contribution in [1.82, 2.24) is 10.3 Å². The Bertz CT molecular complexity index is 459. The van der Waals surface area contributed by atoms with Crippen molar-refractivity contribution in [3.8, 4) is 0 Å². The lowest BCUT2D eigenvalue weighted by Gasteiger charge is -2.19. The molecule has 0 spiro atoms. The van der Waals surface area contributed by atoms with Gasteiger partial charge in [0, 0.05) is 24.1 Å². The van der Waals surface area contributed by atoms with Crippen LogP contribution >= 0.6 is 11.3 Å². The maximum Gasteiger partial charge on any atom is 0.125 e. The molecule has 0 aromatic carbocycles. The lowest BCUT2D eigenvalue weighted by molar-refractivity contribution is 0.0165. The fraction of sp³-hybridized carbons (Fsp3) is 0.812. The van der Waals surface area contributed by atoms with Crippen LogP contribution in [-0.4, -0.2) is 17.6 Å². The number of rotatable bonds is 6. The van der Waals surface area contributed by atoms with E-state index in [-0.39, 0.29) is 5.60 Å². The summed E-state index contributed by atoms with van der Waals surface area (Å²) in [4.78, 5) is 6.38. The van der Waals surface area contributed by atoms with Gasteiger partial charge in [0.1, 0.15) is 10.6 Å². The lowest BCUT2D eigenvalue weighted by atomic mass is 10.0. The number of thiazole rings is 1. The van der Waals surface area contributed by atoms with E-state index in [1.165, 1.54) is 28.4 Å². The van der Waals surface area contributed by atoms with E-state index in [4.69, 9.17) is 9.72 Å². The quantitative estimate of drug-likeness (QED) is 0.870. The first-order chi connectivity index (χ1) is 9.57. The van der Waals surface area contributed by atoms with Gasteiger partial charge in [-0.1, -0.05) is 13.8 Å². The highest BCUT2D eigenvalue weighted by molar-refractivity contribution is 7.11. The molecule has 1 aliphatic carbocycles. The number of ether oxygens (including phenoxy) is 1. The van der Waals surface area contributed by atoms with Gasteiger partial charge in [0.25, 0.3) is 0 Å². The second kappa shape index (κ2) is 5.74. The Labute approximate surface area is 126 Å². The minimum atomic E-state index is -0.131. The molecule has 1 saturated heterocycles. The van der Waals surface area contributed by atoms with E-state index in [9.17, 15) is 0 Å². The molecule has 4 heteroatoms. The summed E-state index contributed by atoms with van der Waals surface area (Å²) < 4.78 is 5.97. The zero-order valence-corrected chi connectivity index (χ0v) is 13.7. The Balaban J connectivity index is 1.79. The normalized spacial score (nSPS) is 26.6. The average Bonchev–Trinajstić information content (AvgIpc) is 2.97. The fourth-order valence-corrected chi connectivity index (χ4v) is 3.93. The van der Waals surface area contributed by atoms with Gasteiger partial charge in [-0.2, -0.15) is 0 Å². The monoisotopic (exact) mass is 294 g/mol. The Morgan fingerprint density at radius 3 is 2.85 bits per heavy atom. The Morgan fingerprint density at radius 2 is 2.25 bits per heavy atom. The van der Waals surface area contributed by atoms with Crippen molar-refractivity contribution >= 4 is 11.3 Å². The van der Waals surface area contributed by atoms with Gasteiger partial charge < -0.3 is 10.1 Å². The van der Waals surface area contributed by atoms with Crippen molar-refractivity contribution in [1.29, 1.82) is 0 Å². The number of nitrogens with one attached hydrogen (secondary N) is 1. The van der Waals surface area contributed by atoms with Crippen LogP contribution in [0.2, 0.25) is 0 Å². The number of hydrogen-bond acceptors (Lipinski definition) is 4. The van der Waals surface area contributed by atoms with Crippen molar-refractivity contribution in [2.45, 2.75) is 71.1 Å². The summed E-state index contributed by atoms with van der Waals surface area (Å²) >= 11 is 1.87. The summed E-state index contributed by atoms with van der Waals surface area (Å²) in [6.45, 7) is 8.61. The molecule has 3 rings (SSSR count). The summed E-state index contributed by atoms with van der Waals surface area (Å²) in [6.07, 6.45) is 6.02. The predicted molar refractivity (Wildman–Crippen MR) is 83.1 cm³/mol. The largest absolute Gasteiger partial charge is 0.368 e. The van der Waals surface area contributed by atoms with Gasteiger partial charge >= 0.3 is 0 Å². The molecule has 2 fully saturated rings. The third kappa shape index (κ3) is 3.23. The minimum absolute atomic E-state index is 0.131. The molecule has 1 aliphatic heterocycles. The topological polar surface area (TPSA) is 34.1 Å². The third-order valence-corrected chi connectivity index (χ3v) is 5.52. The minimum Gasteiger partial charge on any atom is -0.368 e. The summed E-state index contributed by atoms with van der Waals surface area (Å²) in [7, 11) is 0. The number of hydrogen-bond donors (Lipinski definition) is 1. The highest BCUT2D eigenvalue weighted by Gasteiger charge is 2.35. The van der Waals surface area contributed by atoms with Crippen molar-refractivity contribution in [3.63, 3.8) is 0 Å². The molecule has 3 nitrogen and oxygen atoms in total. The van der Waals surface area contributed by atoms with E-state index >= 15 is 0 Å². The van der Waals surface area contributed by atoms with E-state index in [1.54, 1.807) is 0 Å². The standard InChI is InChI=1S/C16H26N2OS/c1-11(2)9-13-14(10-17-12-5-6-12)20-15(18-13)16(3)7-4-8-19-16/h11-12,17H,4-10H2,1-3H3. The fourth-order valence-electron chi connectivity index (χ4n) is 2.77. The van der Waals surface area contributed by atoms with Crippen LogP contribution in [0.1, 0.15) is 62.0 Å². The summed E-state index contributed by atoms with van der Waals surface area (Å²) in [6, 6.07) is 0.755. The molecule has 1 saturated carbocycles. The van der Waals surface area contributed by atoms with Gasteiger partial charge in [-0.05, 0) is 44.9 Å². The number of nitrogens with zero attached hydrogens (tertiary/aromatic N) is 1. The second-order valence-corrected chi connectivity index (χ2v) is 7.91. The Morgan fingerprint density at radius 1 is 1.45 bits per heavy atom. The van der Waals surface area contributed by atoms with E-state index in [0.29, 0.717) is 5.92 Å². The molecule has 2 heterocycles. The first-order valence-electron chi connectivity index (χ1n) is 7.93. The van der Waals surface area contributed by atoms with E-state index < -0.39 is 0 Å². The zero-order valence-electron chi connectivity index (χ0n) is 12.9. The average molecular weight is 294 g/mol. The summed E-state index contributed by atoms with van der Waals surface area (Å²) in [5.41, 5.74) is 1.17. The summed E-state index contributed by atoms with van der Waals surface area (Å²) in [5, 5.41) is 4.83. The summed E-state index contributed by atoms with van der Waals surface area (Å²) in [5.74, 6) is 0.655. The Hall–Kier alpha value is -0.450. The molecule has 2 aliphatic rings. The molecular formula is C16H26N2OS. The van der Waals surface area contributed by atoms with Crippen molar-refractivity contribution in [2.75, 3.05) is 6.61 Å². The van der Waals surface area contributed by atoms with Crippen molar-refractivity contribution in [2.24, 2.45) is 5.92 Å². The number of aromatic nitrogens is 1. The molecule has 0 bridgehead atoms. The molecule has 112 valence electrons. The van der Waals surface area contributed by atoms with Gasteiger partial charge in [0.15, 0.2) is 0 Å². The van der Waals surface area contributed by atoms with Gasteiger partial charge in [0.2, 0.25) is 0 Å². The van der Waals surface area contributed by atoms with Crippen LogP contribution in [-0.2, 0) is 23.3 Å². The first-order valence-corrected chi connectivity index (χ1v) is 8.75. The maximum absolute atomic E-state index is 5.97. The molecular weight excluding hydrogens is 268 g/mol. The van der Waals surface area contributed by atoms with Crippen LogP contribution in [0.3, 0.4) is 0 Å². The van der Waals surface area contributed by atoms with Gasteiger partial charge in [-0.3, -0.25) is 0 Å². The molecule has 1 aromatic heterocycles. The maximum atomic E-state index is 5.97. The lowest BCUT2D eigenvalue weighted by Crippen LogP contribution is -2.19. The highest BCUT2D eigenvalue weighted by Crippen LogP contribution is 2.39. The Kier molecular flexibility index (Phi) is 4.16. The van der Waals surface area contributed by atoms with Crippen LogP contribution in [0.25, 0.3) is 0 Å². The molecule has 1 aromatic rings. The van der Waals surface area contributed by atoms with Gasteiger partial charge in [0.05, 0.1) is 5.69 Å². The van der Waals surface area contributed by atoms with Crippen LogP contribution in [0.15, 0.2) is 0 Å². The third-order valence-electron chi connectivity index (χ3n) is 4.18.